The highest BCUT2D eigenvalue weighted by atomic mass is 19.1. The molecule has 2 heterocycles. The van der Waals surface area contributed by atoms with Crippen LogP contribution in [0.5, 0.6) is 0 Å². The Morgan fingerprint density at radius 3 is 2.10 bits per heavy atom. The van der Waals surface area contributed by atoms with E-state index in [9.17, 15) is 14.0 Å². The maximum atomic E-state index is 13.0. The third kappa shape index (κ3) is 4.03. The number of hydrogen-bond acceptors (Lipinski definition) is 4. The summed E-state index contributed by atoms with van der Waals surface area (Å²) >= 11 is 0. The molecule has 0 atom stereocenters. The molecule has 1 aliphatic heterocycles. The van der Waals surface area contributed by atoms with Crippen LogP contribution < -0.4 is 0 Å². The number of amides is 2. The van der Waals surface area contributed by atoms with E-state index in [1.165, 1.54) is 24.3 Å². The smallest absolute Gasteiger partial charge is 0.292 e. The molecule has 2 amide bonds. The fourth-order valence-corrected chi connectivity index (χ4v) is 3.28. The molecule has 29 heavy (non-hydrogen) atoms. The summed E-state index contributed by atoms with van der Waals surface area (Å²) in [6, 6.07) is 14.9. The normalized spacial score (nSPS) is 14.1. The predicted molar refractivity (Wildman–Crippen MR) is 105 cm³/mol. The van der Waals surface area contributed by atoms with Crippen molar-refractivity contribution in [2.75, 3.05) is 26.2 Å². The molecule has 4 rings (SSSR count). The van der Waals surface area contributed by atoms with E-state index in [1.807, 2.05) is 31.2 Å². The number of hydrogen-bond donors (Lipinski definition) is 0. The van der Waals surface area contributed by atoms with Crippen LogP contribution in [0.2, 0.25) is 0 Å². The molecule has 0 unspecified atom stereocenters. The molecule has 0 aliphatic carbocycles. The molecule has 1 fully saturated rings. The lowest BCUT2D eigenvalue weighted by molar-refractivity contribution is 0.0512. The molecule has 3 aromatic rings. The van der Waals surface area contributed by atoms with Crippen molar-refractivity contribution in [2.24, 2.45) is 0 Å². The van der Waals surface area contributed by atoms with Crippen molar-refractivity contribution in [3.05, 3.63) is 77.3 Å². The van der Waals surface area contributed by atoms with E-state index >= 15 is 0 Å². The van der Waals surface area contributed by atoms with Crippen molar-refractivity contribution < 1.29 is 18.5 Å². The fraction of sp³-hybridized carbons (Fsp3) is 0.227. The van der Waals surface area contributed by atoms with Gasteiger partial charge < -0.3 is 14.3 Å². The monoisotopic (exact) mass is 393 g/mol. The molecule has 1 aliphatic rings. The second-order valence-corrected chi connectivity index (χ2v) is 7.03. The Balaban J connectivity index is 1.38. The van der Waals surface area contributed by atoms with E-state index in [-0.39, 0.29) is 23.4 Å². The number of halogens is 1. The number of aromatic nitrogens is 1. The van der Waals surface area contributed by atoms with Crippen molar-refractivity contribution in [2.45, 2.75) is 6.92 Å². The topological polar surface area (TPSA) is 66.7 Å². The lowest BCUT2D eigenvalue weighted by Gasteiger charge is -2.34. The summed E-state index contributed by atoms with van der Waals surface area (Å²) in [6.45, 7) is 3.60. The predicted octanol–water partition coefficient (Wildman–Crippen LogP) is 3.39. The van der Waals surface area contributed by atoms with E-state index in [1.54, 1.807) is 15.9 Å². The summed E-state index contributed by atoms with van der Waals surface area (Å²) in [5.74, 6) is -0.615. The maximum Gasteiger partial charge on any atom is 0.292 e. The number of aryl methyl sites for hydroxylation is 1. The van der Waals surface area contributed by atoms with E-state index in [0.29, 0.717) is 37.4 Å². The van der Waals surface area contributed by atoms with Crippen LogP contribution >= 0.6 is 0 Å². The summed E-state index contributed by atoms with van der Waals surface area (Å²) in [5, 5.41) is 4.00. The Bertz CT molecular complexity index is 1020. The van der Waals surface area contributed by atoms with Gasteiger partial charge in [-0.3, -0.25) is 9.59 Å². The van der Waals surface area contributed by atoms with Crippen LogP contribution in [0.15, 0.2) is 59.1 Å². The van der Waals surface area contributed by atoms with Crippen LogP contribution in [0, 0.1) is 12.7 Å². The minimum absolute atomic E-state index is 0.168. The van der Waals surface area contributed by atoms with Gasteiger partial charge in [0, 0.05) is 43.4 Å². The van der Waals surface area contributed by atoms with Gasteiger partial charge in [0.1, 0.15) is 11.5 Å². The number of nitrogens with zero attached hydrogens (tertiary/aromatic N) is 3. The third-order valence-corrected chi connectivity index (χ3v) is 5.01. The Labute approximate surface area is 167 Å². The number of benzene rings is 2. The van der Waals surface area contributed by atoms with E-state index in [2.05, 4.69) is 5.16 Å². The zero-order valence-corrected chi connectivity index (χ0v) is 16.0. The minimum Gasteiger partial charge on any atom is -0.350 e. The Hall–Kier alpha value is -3.48. The zero-order chi connectivity index (χ0) is 20.4. The molecular formula is C22H20FN3O3. The summed E-state index contributed by atoms with van der Waals surface area (Å²) < 4.78 is 18.3. The van der Waals surface area contributed by atoms with Gasteiger partial charge in [-0.1, -0.05) is 35.0 Å². The van der Waals surface area contributed by atoms with Crippen molar-refractivity contribution in [1.82, 2.24) is 15.0 Å². The van der Waals surface area contributed by atoms with Gasteiger partial charge in [0.2, 0.25) is 5.76 Å². The third-order valence-electron chi connectivity index (χ3n) is 5.01. The van der Waals surface area contributed by atoms with E-state index in [4.69, 9.17) is 4.52 Å². The molecule has 148 valence electrons. The van der Waals surface area contributed by atoms with Gasteiger partial charge in [-0.15, -0.1) is 0 Å². The fourth-order valence-electron chi connectivity index (χ4n) is 3.28. The maximum absolute atomic E-state index is 13.0. The van der Waals surface area contributed by atoms with Gasteiger partial charge in [-0.2, -0.15) is 0 Å². The van der Waals surface area contributed by atoms with Gasteiger partial charge in [-0.25, -0.2) is 4.39 Å². The summed E-state index contributed by atoms with van der Waals surface area (Å²) in [7, 11) is 0. The Morgan fingerprint density at radius 1 is 0.897 bits per heavy atom. The van der Waals surface area contributed by atoms with Gasteiger partial charge in [0.25, 0.3) is 11.8 Å². The minimum atomic E-state index is -0.381. The standard InChI is InChI=1S/C22H20FN3O3/c1-15-2-4-16(5-3-15)19-14-20(29-24-19)22(28)26-12-10-25(11-13-26)21(27)17-6-8-18(23)9-7-17/h2-9,14H,10-13H2,1H3. The first kappa shape index (κ1) is 18.9. The zero-order valence-electron chi connectivity index (χ0n) is 16.0. The molecule has 2 aromatic carbocycles. The SMILES string of the molecule is Cc1ccc(-c2cc(C(=O)N3CCN(C(=O)c4ccc(F)cc4)CC3)on2)cc1. The van der Waals surface area contributed by atoms with Crippen molar-refractivity contribution in [3.8, 4) is 11.3 Å². The van der Waals surface area contributed by atoms with Crippen LogP contribution in [0.25, 0.3) is 11.3 Å². The Kier molecular flexibility index (Phi) is 5.12. The molecule has 6 nitrogen and oxygen atoms in total. The molecule has 0 radical (unpaired) electrons. The highest BCUT2D eigenvalue weighted by Gasteiger charge is 2.27. The summed E-state index contributed by atoms with van der Waals surface area (Å²) in [5.41, 5.74) is 3.07. The number of rotatable bonds is 3. The average molecular weight is 393 g/mol. The second kappa shape index (κ2) is 7.87. The van der Waals surface area contributed by atoms with Crippen molar-refractivity contribution in [3.63, 3.8) is 0 Å². The largest absolute Gasteiger partial charge is 0.350 e. The van der Waals surface area contributed by atoms with Gasteiger partial charge in [-0.05, 0) is 31.2 Å². The highest BCUT2D eigenvalue weighted by Crippen LogP contribution is 2.21. The highest BCUT2D eigenvalue weighted by molar-refractivity contribution is 5.95. The lowest BCUT2D eigenvalue weighted by atomic mass is 10.1. The summed E-state index contributed by atoms with van der Waals surface area (Å²) in [4.78, 5) is 28.6. The van der Waals surface area contributed by atoms with Crippen LogP contribution in [-0.2, 0) is 0 Å². The van der Waals surface area contributed by atoms with Crippen LogP contribution in [0.4, 0.5) is 4.39 Å². The molecule has 0 spiro atoms. The van der Waals surface area contributed by atoms with Crippen LogP contribution in [-0.4, -0.2) is 52.9 Å². The molecule has 0 bridgehead atoms. The van der Waals surface area contributed by atoms with Crippen molar-refractivity contribution in [1.29, 1.82) is 0 Å². The van der Waals surface area contributed by atoms with Crippen molar-refractivity contribution >= 4 is 11.8 Å². The first-order valence-corrected chi connectivity index (χ1v) is 9.39. The van der Waals surface area contributed by atoms with E-state index < -0.39 is 0 Å². The number of carbonyl (C=O) groups excluding carboxylic acids is 2. The second-order valence-electron chi connectivity index (χ2n) is 7.03. The Morgan fingerprint density at radius 2 is 1.48 bits per heavy atom. The lowest BCUT2D eigenvalue weighted by Crippen LogP contribution is -2.50. The van der Waals surface area contributed by atoms with Crippen LogP contribution in [0.1, 0.15) is 26.5 Å². The van der Waals surface area contributed by atoms with Gasteiger partial charge in [0.15, 0.2) is 0 Å². The molecule has 0 saturated carbocycles. The first-order chi connectivity index (χ1) is 14.0. The van der Waals surface area contributed by atoms with E-state index in [0.717, 1.165) is 11.1 Å². The molecular weight excluding hydrogens is 373 g/mol. The number of piperazine rings is 1. The molecule has 1 saturated heterocycles. The van der Waals surface area contributed by atoms with Gasteiger partial charge in [0.05, 0.1) is 0 Å². The molecule has 0 N–H and O–H groups in total. The first-order valence-electron chi connectivity index (χ1n) is 9.39. The average Bonchev–Trinajstić information content (AvgIpc) is 3.24. The quantitative estimate of drug-likeness (QED) is 0.684. The van der Waals surface area contributed by atoms with Crippen LogP contribution in [0.3, 0.4) is 0 Å². The number of carbonyl (C=O) groups is 2. The summed E-state index contributed by atoms with van der Waals surface area (Å²) in [6.07, 6.45) is 0. The molecule has 1 aromatic heterocycles. The van der Waals surface area contributed by atoms with Gasteiger partial charge >= 0.3 is 0 Å². The molecule has 7 heteroatoms.